The lowest BCUT2D eigenvalue weighted by Gasteiger charge is -2.35. The minimum Gasteiger partial charge on any atom is -0.351 e. The summed E-state index contributed by atoms with van der Waals surface area (Å²) in [5.74, 6) is 0.362. The molecule has 2 saturated heterocycles. The Bertz CT molecular complexity index is 623. The molecule has 1 aromatic heterocycles. The first kappa shape index (κ1) is 13.4. The van der Waals surface area contributed by atoms with Crippen LogP contribution in [0.2, 0.25) is 0 Å². The number of hydrogen-bond acceptors (Lipinski definition) is 5. The molecule has 2 atom stereocenters. The van der Waals surface area contributed by atoms with Crippen LogP contribution in [0, 0.1) is 0 Å². The monoisotopic (exact) mass is 279 g/mol. The van der Waals surface area contributed by atoms with Crippen molar-refractivity contribution >= 4 is 5.82 Å². The molecule has 2 unspecified atom stereocenters. The molecule has 7 nitrogen and oxygen atoms in total. The van der Waals surface area contributed by atoms with Crippen LogP contribution in [0.25, 0.3) is 0 Å². The van der Waals surface area contributed by atoms with Gasteiger partial charge in [0.25, 0.3) is 5.56 Å². The van der Waals surface area contributed by atoms with Gasteiger partial charge in [-0.15, -0.1) is 5.10 Å². The van der Waals surface area contributed by atoms with E-state index in [9.17, 15) is 9.59 Å². The van der Waals surface area contributed by atoms with Crippen molar-refractivity contribution in [3.63, 3.8) is 0 Å². The van der Waals surface area contributed by atoms with Gasteiger partial charge in [0.2, 0.25) is 5.82 Å². The number of nitrogens with zero attached hydrogens (tertiary/aromatic N) is 4. The number of piperidine rings is 1. The smallest absolute Gasteiger partial charge is 0.346 e. The molecular weight excluding hydrogens is 258 g/mol. The summed E-state index contributed by atoms with van der Waals surface area (Å²) >= 11 is 0. The highest BCUT2D eigenvalue weighted by atomic mass is 16.2. The molecule has 3 rings (SSSR count). The number of anilines is 1. The van der Waals surface area contributed by atoms with Crippen LogP contribution in [-0.4, -0.2) is 39.5 Å². The number of nitrogens with one attached hydrogen (secondary N) is 1. The fourth-order valence-corrected chi connectivity index (χ4v) is 3.42. The predicted octanol–water partition coefficient (Wildman–Crippen LogP) is -0.802. The third-order valence-electron chi connectivity index (χ3n) is 4.63. The summed E-state index contributed by atoms with van der Waals surface area (Å²) in [6.07, 6.45) is 4.49. The molecule has 2 bridgehead atoms. The van der Waals surface area contributed by atoms with E-state index in [4.69, 9.17) is 0 Å². The van der Waals surface area contributed by atoms with Crippen molar-refractivity contribution in [2.45, 2.75) is 43.8 Å². The predicted molar refractivity (Wildman–Crippen MR) is 76.1 cm³/mol. The molecular formula is C13H21N5O2. The highest BCUT2D eigenvalue weighted by molar-refractivity contribution is 5.35. The summed E-state index contributed by atoms with van der Waals surface area (Å²) in [5.41, 5.74) is -0.709. The van der Waals surface area contributed by atoms with E-state index in [1.807, 2.05) is 11.9 Å². The summed E-state index contributed by atoms with van der Waals surface area (Å²) in [6, 6.07) is 1.42. The highest BCUT2D eigenvalue weighted by Crippen LogP contribution is 2.29. The normalized spacial score (nSPS) is 28.6. The van der Waals surface area contributed by atoms with E-state index in [2.05, 4.69) is 10.4 Å². The number of aromatic nitrogens is 3. The van der Waals surface area contributed by atoms with Crippen LogP contribution in [0.4, 0.5) is 5.82 Å². The molecule has 2 aliphatic heterocycles. The van der Waals surface area contributed by atoms with Gasteiger partial charge in [0.05, 0.1) is 0 Å². The topological polar surface area (TPSA) is 72.2 Å². The summed E-state index contributed by atoms with van der Waals surface area (Å²) in [4.78, 5) is 25.9. The van der Waals surface area contributed by atoms with Crippen LogP contribution in [0.15, 0.2) is 9.59 Å². The van der Waals surface area contributed by atoms with Crippen molar-refractivity contribution in [2.24, 2.45) is 14.1 Å². The number of aryl methyl sites for hydroxylation is 1. The van der Waals surface area contributed by atoms with Crippen molar-refractivity contribution in [1.82, 2.24) is 19.7 Å². The van der Waals surface area contributed by atoms with Crippen molar-refractivity contribution in [2.75, 3.05) is 11.9 Å². The van der Waals surface area contributed by atoms with Gasteiger partial charge < -0.3 is 10.2 Å². The first-order valence-corrected chi connectivity index (χ1v) is 7.10. The lowest BCUT2D eigenvalue weighted by Crippen LogP contribution is -2.50. The number of rotatable bonds is 2. The molecule has 20 heavy (non-hydrogen) atoms. The molecule has 0 radical (unpaired) electrons. The first-order valence-electron chi connectivity index (χ1n) is 7.10. The minimum atomic E-state index is -0.391. The van der Waals surface area contributed by atoms with Gasteiger partial charge >= 0.3 is 5.69 Å². The lowest BCUT2D eigenvalue weighted by molar-refractivity contribution is 0.351. The molecule has 0 saturated carbocycles. The molecule has 7 heteroatoms. The van der Waals surface area contributed by atoms with Gasteiger partial charge in [-0.3, -0.25) is 9.36 Å². The summed E-state index contributed by atoms with van der Waals surface area (Å²) in [6.45, 7) is 0. The van der Waals surface area contributed by atoms with Crippen molar-refractivity contribution < 1.29 is 0 Å². The molecule has 2 fully saturated rings. The van der Waals surface area contributed by atoms with Crippen LogP contribution in [-0.2, 0) is 14.1 Å². The van der Waals surface area contributed by atoms with Crippen LogP contribution >= 0.6 is 0 Å². The van der Waals surface area contributed by atoms with Gasteiger partial charge in [0.1, 0.15) is 0 Å². The highest BCUT2D eigenvalue weighted by Gasteiger charge is 2.36. The Hall–Kier alpha value is -1.63. The molecule has 110 valence electrons. The molecule has 1 aromatic rings. The first-order chi connectivity index (χ1) is 9.47. The van der Waals surface area contributed by atoms with Gasteiger partial charge in [0.15, 0.2) is 0 Å². The average Bonchev–Trinajstić information content (AvgIpc) is 2.78. The van der Waals surface area contributed by atoms with E-state index in [0.717, 1.165) is 17.4 Å². The molecule has 3 heterocycles. The largest absolute Gasteiger partial charge is 0.351 e. The van der Waals surface area contributed by atoms with Crippen LogP contribution in [0.5, 0.6) is 0 Å². The van der Waals surface area contributed by atoms with Crippen LogP contribution < -0.4 is 21.5 Å². The summed E-state index contributed by atoms with van der Waals surface area (Å²) < 4.78 is 2.34. The fraction of sp³-hybridized carbons (Fsp3) is 0.769. The Labute approximate surface area is 117 Å². The Kier molecular flexibility index (Phi) is 3.16. The zero-order chi connectivity index (χ0) is 14.4. The standard InChI is InChI=1S/C13H21N5O2/c1-16(10-6-8-4-5-9(7-10)14-8)11-12(19)17(2)13(20)18(3)15-11/h8-10,14H,4-7H2,1-3H3. The van der Waals surface area contributed by atoms with E-state index >= 15 is 0 Å². The van der Waals surface area contributed by atoms with Crippen LogP contribution in [0.1, 0.15) is 25.7 Å². The van der Waals surface area contributed by atoms with E-state index < -0.39 is 5.69 Å². The third-order valence-corrected chi connectivity index (χ3v) is 4.63. The Morgan fingerprint density at radius 1 is 1.20 bits per heavy atom. The van der Waals surface area contributed by atoms with Gasteiger partial charge in [-0.2, -0.15) is 0 Å². The summed E-state index contributed by atoms with van der Waals surface area (Å²) in [7, 11) is 4.98. The molecule has 0 amide bonds. The zero-order valence-corrected chi connectivity index (χ0v) is 12.2. The van der Waals surface area contributed by atoms with Crippen molar-refractivity contribution in [3.05, 3.63) is 20.8 Å². The number of fused-ring (bicyclic) bond motifs is 2. The van der Waals surface area contributed by atoms with Gasteiger partial charge in [-0.25, -0.2) is 9.48 Å². The van der Waals surface area contributed by atoms with Gasteiger partial charge in [-0.05, 0) is 25.7 Å². The third kappa shape index (κ3) is 2.06. The minimum absolute atomic E-state index is 0.312. The maximum Gasteiger partial charge on any atom is 0.346 e. The lowest BCUT2D eigenvalue weighted by atomic mass is 9.99. The van der Waals surface area contributed by atoms with E-state index in [0.29, 0.717) is 23.9 Å². The molecule has 1 N–H and O–H groups in total. The maximum absolute atomic E-state index is 12.2. The zero-order valence-electron chi connectivity index (χ0n) is 12.2. The quantitative estimate of drug-likeness (QED) is 0.767. The molecule has 2 aliphatic rings. The Morgan fingerprint density at radius 3 is 2.40 bits per heavy atom. The van der Waals surface area contributed by atoms with Crippen molar-refractivity contribution in [3.8, 4) is 0 Å². The molecule has 0 aliphatic carbocycles. The Morgan fingerprint density at radius 2 is 1.80 bits per heavy atom. The van der Waals surface area contributed by atoms with Crippen molar-refractivity contribution in [1.29, 1.82) is 0 Å². The Balaban J connectivity index is 1.93. The summed E-state index contributed by atoms with van der Waals surface area (Å²) in [5, 5.41) is 7.74. The second-order valence-electron chi connectivity index (χ2n) is 5.97. The fourth-order valence-electron chi connectivity index (χ4n) is 3.42. The van der Waals surface area contributed by atoms with E-state index in [1.165, 1.54) is 24.6 Å². The second kappa shape index (κ2) is 4.73. The van der Waals surface area contributed by atoms with E-state index in [-0.39, 0.29) is 5.56 Å². The van der Waals surface area contributed by atoms with E-state index in [1.54, 1.807) is 7.05 Å². The molecule has 0 spiro atoms. The van der Waals surface area contributed by atoms with Gasteiger partial charge in [0, 0.05) is 39.3 Å². The SMILES string of the molecule is CN(c1nn(C)c(=O)n(C)c1=O)C1CC2CCC(C1)N2. The average molecular weight is 279 g/mol. The van der Waals surface area contributed by atoms with Crippen LogP contribution in [0.3, 0.4) is 0 Å². The number of hydrogen-bond donors (Lipinski definition) is 1. The van der Waals surface area contributed by atoms with Gasteiger partial charge in [-0.1, -0.05) is 0 Å². The molecule has 0 aromatic carbocycles. The second-order valence-corrected chi connectivity index (χ2v) is 5.97. The maximum atomic E-state index is 12.2.